The Morgan fingerprint density at radius 3 is 2.41 bits per heavy atom. The van der Waals surface area contributed by atoms with Gasteiger partial charge in [0.2, 0.25) is 5.91 Å². The van der Waals surface area contributed by atoms with Crippen LogP contribution >= 0.6 is 24.6 Å². The zero-order chi connectivity index (χ0) is 28.8. The number of nitrogens with one attached hydrogen (secondary N) is 1. The van der Waals surface area contributed by atoms with Gasteiger partial charge in [0, 0.05) is 67.0 Å². The molecule has 222 valence electrons. The average Bonchev–Trinajstić information content (AvgIpc) is 3.28. The van der Waals surface area contributed by atoms with Crippen LogP contribution in [0.25, 0.3) is 22.0 Å². The van der Waals surface area contributed by atoms with E-state index in [-0.39, 0.29) is 61.2 Å². The molecule has 2 aromatic carbocycles. The van der Waals surface area contributed by atoms with Gasteiger partial charge in [-0.2, -0.15) is 17.5 Å². The molecule has 41 heavy (non-hydrogen) atoms. The lowest BCUT2D eigenvalue weighted by Crippen LogP contribution is -2.51. The summed E-state index contributed by atoms with van der Waals surface area (Å²) in [5.74, 6) is -0.0228. The second kappa shape index (κ2) is 11.9. The van der Waals surface area contributed by atoms with E-state index in [1.165, 1.54) is 0 Å². The van der Waals surface area contributed by atoms with Gasteiger partial charge in [0.1, 0.15) is 4.99 Å². The number of alkyl halides is 3. The number of hydrogen-bond donors (Lipinski definition) is 2. The Hall–Kier alpha value is -2.71. The van der Waals surface area contributed by atoms with Crippen molar-refractivity contribution in [2.75, 3.05) is 33.2 Å². The summed E-state index contributed by atoms with van der Waals surface area (Å²) < 4.78 is 65.7. The van der Waals surface area contributed by atoms with Gasteiger partial charge in [0.15, 0.2) is 0 Å². The number of fused-ring (bicyclic) bond motifs is 1. The van der Waals surface area contributed by atoms with Gasteiger partial charge in [0.05, 0.1) is 5.92 Å². The number of hydrogen-bond acceptors (Lipinski definition) is 5. The minimum absolute atomic E-state index is 0. The van der Waals surface area contributed by atoms with Crippen molar-refractivity contribution < 1.29 is 26.4 Å². The normalized spacial score (nSPS) is 17.7. The van der Waals surface area contributed by atoms with Crippen molar-refractivity contribution in [3.63, 3.8) is 0 Å². The number of amides is 1. The maximum absolute atomic E-state index is 13.1. The molecule has 2 aliphatic heterocycles. The summed E-state index contributed by atoms with van der Waals surface area (Å²) in [4.78, 5) is 14.8. The number of nitrogens with two attached hydrogens (primary N) is 1. The van der Waals surface area contributed by atoms with E-state index in [0.29, 0.717) is 16.4 Å². The summed E-state index contributed by atoms with van der Waals surface area (Å²) in [5.41, 5.74) is 4.74. The fourth-order valence-electron chi connectivity index (χ4n) is 5.48. The summed E-state index contributed by atoms with van der Waals surface area (Å²) in [5, 5.41) is 3.91. The molecule has 0 unspecified atom stereocenters. The maximum atomic E-state index is 13.1. The number of nitrogens with zero attached hydrogens (tertiary/aromatic N) is 3. The van der Waals surface area contributed by atoms with Gasteiger partial charge >= 0.3 is 15.5 Å². The maximum Gasteiger partial charge on any atom is 0.511 e. The summed E-state index contributed by atoms with van der Waals surface area (Å²) >= 11 is 5.15. The van der Waals surface area contributed by atoms with Gasteiger partial charge in [-0.25, -0.2) is 8.42 Å². The topological polar surface area (TPSA) is 101 Å². The van der Waals surface area contributed by atoms with Crippen LogP contribution in [0.15, 0.2) is 48.7 Å². The van der Waals surface area contributed by atoms with Crippen LogP contribution in [0.4, 0.5) is 13.2 Å². The van der Waals surface area contributed by atoms with Gasteiger partial charge in [-0.3, -0.25) is 4.79 Å². The molecule has 0 radical (unpaired) electrons. The van der Waals surface area contributed by atoms with Crippen molar-refractivity contribution in [2.45, 2.75) is 30.9 Å². The standard InChI is InChI=1S/C27H30F3N5O3S2.ClH/c1-33-14-20(15-33)26(36)32-13-17-5-6-22-23(18-3-2-4-19(12-18)25(31)39)16-35(24(22)11-17)21-7-9-34(10-8-21)40(37,38)27(28,29)30;/h2-6,11-12,16,20-21H,7-10,13-15H2,1H3,(H2,31,39)(H,32,36);1H. The molecule has 0 atom stereocenters. The summed E-state index contributed by atoms with van der Waals surface area (Å²) in [6, 6.07) is 13.2. The Kier molecular flexibility index (Phi) is 9.05. The van der Waals surface area contributed by atoms with E-state index in [0.717, 1.165) is 40.7 Å². The first-order valence-corrected chi connectivity index (χ1v) is 14.8. The lowest BCUT2D eigenvalue weighted by molar-refractivity contribution is -0.129. The molecular formula is C27H31ClF3N5O3S2. The van der Waals surface area contributed by atoms with Crippen LogP contribution in [-0.2, 0) is 21.4 Å². The Bertz CT molecular complexity index is 1560. The Morgan fingerprint density at radius 1 is 1.12 bits per heavy atom. The molecule has 1 aromatic heterocycles. The number of carbonyl (C=O) groups is 1. The molecule has 0 bridgehead atoms. The van der Waals surface area contributed by atoms with Crippen molar-refractivity contribution >= 4 is 56.4 Å². The molecule has 8 nitrogen and oxygen atoms in total. The van der Waals surface area contributed by atoms with Gasteiger partial charge in [0.25, 0.3) is 0 Å². The smallest absolute Gasteiger partial charge is 0.389 e. The molecule has 2 saturated heterocycles. The largest absolute Gasteiger partial charge is 0.511 e. The Balaban J connectivity index is 0.00000387. The number of sulfonamides is 1. The van der Waals surface area contributed by atoms with E-state index < -0.39 is 15.5 Å². The molecule has 0 saturated carbocycles. The highest BCUT2D eigenvalue weighted by Crippen LogP contribution is 2.38. The number of aromatic nitrogens is 1. The first-order chi connectivity index (χ1) is 18.8. The highest BCUT2D eigenvalue weighted by atomic mass is 35.5. The van der Waals surface area contributed by atoms with Gasteiger partial charge in [-0.05, 0) is 43.1 Å². The number of rotatable bonds is 7. The summed E-state index contributed by atoms with van der Waals surface area (Å²) in [6.45, 7) is 1.33. The van der Waals surface area contributed by atoms with Crippen LogP contribution in [0.1, 0.15) is 30.0 Å². The quantitative estimate of drug-likeness (QED) is 0.383. The predicted molar refractivity (Wildman–Crippen MR) is 158 cm³/mol. The molecule has 2 fully saturated rings. The zero-order valence-corrected chi connectivity index (χ0v) is 24.7. The van der Waals surface area contributed by atoms with Crippen LogP contribution in [0.5, 0.6) is 0 Å². The second-order valence-electron chi connectivity index (χ2n) is 10.5. The molecule has 1 amide bonds. The molecular weight excluding hydrogens is 599 g/mol. The predicted octanol–water partition coefficient (Wildman–Crippen LogP) is 4.03. The molecule has 3 heterocycles. The average molecular weight is 630 g/mol. The van der Waals surface area contributed by atoms with Crippen LogP contribution < -0.4 is 11.1 Å². The number of carbonyl (C=O) groups excluding carboxylic acids is 1. The fourth-order valence-corrected chi connectivity index (χ4v) is 6.60. The molecule has 0 spiro atoms. The highest BCUT2D eigenvalue weighted by Gasteiger charge is 2.50. The van der Waals surface area contributed by atoms with Crippen molar-refractivity contribution in [3.8, 4) is 11.1 Å². The minimum Gasteiger partial charge on any atom is -0.389 e. The Labute approximate surface area is 248 Å². The van der Waals surface area contributed by atoms with E-state index in [1.54, 1.807) is 0 Å². The molecule has 5 rings (SSSR count). The van der Waals surface area contributed by atoms with Crippen LogP contribution in [-0.4, -0.2) is 71.8 Å². The van der Waals surface area contributed by atoms with Gasteiger partial charge < -0.3 is 20.5 Å². The lowest BCUT2D eigenvalue weighted by atomic mass is 10.00. The van der Waals surface area contributed by atoms with Crippen molar-refractivity contribution in [3.05, 3.63) is 59.8 Å². The first kappa shape index (κ1) is 31.2. The third kappa shape index (κ3) is 6.24. The van der Waals surface area contributed by atoms with Crippen molar-refractivity contribution in [2.24, 2.45) is 11.7 Å². The fraction of sp³-hybridized carbons (Fsp3) is 0.407. The highest BCUT2D eigenvalue weighted by molar-refractivity contribution is 7.90. The molecule has 2 aliphatic rings. The van der Waals surface area contributed by atoms with Gasteiger partial charge in [-0.15, -0.1) is 12.4 Å². The van der Waals surface area contributed by atoms with E-state index in [4.69, 9.17) is 18.0 Å². The third-order valence-electron chi connectivity index (χ3n) is 7.71. The second-order valence-corrected chi connectivity index (χ2v) is 12.8. The lowest BCUT2D eigenvalue weighted by Gasteiger charge is -2.34. The summed E-state index contributed by atoms with van der Waals surface area (Å²) in [6.07, 6.45) is 2.40. The minimum atomic E-state index is -5.37. The third-order valence-corrected chi connectivity index (χ3v) is 9.57. The van der Waals surface area contributed by atoms with Crippen molar-refractivity contribution in [1.29, 1.82) is 0 Å². The molecule has 0 aliphatic carbocycles. The zero-order valence-electron chi connectivity index (χ0n) is 22.2. The summed E-state index contributed by atoms with van der Waals surface area (Å²) in [7, 11) is -3.41. The van der Waals surface area contributed by atoms with Crippen LogP contribution in [0, 0.1) is 5.92 Å². The number of likely N-dealkylation sites (tertiary alicyclic amines) is 1. The monoisotopic (exact) mass is 629 g/mol. The SMILES string of the molecule is CN1CC(C(=O)NCc2ccc3c(-c4cccc(C(N)=S)c4)cn(C4CCN(S(=O)(=O)C(F)(F)F)CC4)c3c2)C1.Cl. The molecule has 3 aromatic rings. The number of piperidine rings is 1. The number of thiocarbonyl (C=S) groups is 1. The number of benzene rings is 2. The number of halogens is 4. The van der Waals surface area contributed by atoms with E-state index >= 15 is 0 Å². The molecule has 3 N–H and O–H groups in total. The Morgan fingerprint density at radius 2 is 1.80 bits per heavy atom. The van der Waals surface area contributed by atoms with Crippen LogP contribution in [0.2, 0.25) is 0 Å². The van der Waals surface area contributed by atoms with Crippen LogP contribution in [0.3, 0.4) is 0 Å². The first-order valence-electron chi connectivity index (χ1n) is 12.9. The van der Waals surface area contributed by atoms with Crippen molar-refractivity contribution in [1.82, 2.24) is 19.1 Å². The van der Waals surface area contributed by atoms with E-state index in [1.807, 2.05) is 60.3 Å². The van der Waals surface area contributed by atoms with E-state index in [2.05, 4.69) is 10.2 Å². The van der Waals surface area contributed by atoms with E-state index in [9.17, 15) is 26.4 Å². The van der Waals surface area contributed by atoms with Gasteiger partial charge in [-0.1, -0.05) is 42.5 Å². The molecule has 14 heteroatoms.